The van der Waals surface area contributed by atoms with Gasteiger partial charge in [0.05, 0.1) is 18.7 Å². The van der Waals surface area contributed by atoms with Crippen molar-refractivity contribution in [3.05, 3.63) is 52.5 Å². The topological polar surface area (TPSA) is 30.5 Å². The molecule has 0 aliphatic carbocycles. The molecular weight excluding hydrogens is 306 g/mol. The molecule has 3 nitrogen and oxygen atoms in total. The van der Waals surface area contributed by atoms with Crippen molar-refractivity contribution in [2.75, 3.05) is 19.5 Å². The lowest BCUT2D eigenvalue weighted by atomic mass is 10.2. The van der Waals surface area contributed by atoms with Crippen LogP contribution in [0.25, 0.3) is 0 Å². The fraction of sp³-hybridized carbons (Fsp3) is 0.200. The lowest BCUT2D eigenvalue weighted by Gasteiger charge is -2.09. The number of hydrogen-bond donors (Lipinski definition) is 1. The number of methoxy groups -OCH3 is 2. The summed E-state index contributed by atoms with van der Waals surface area (Å²) in [6.45, 7) is 0.767. The van der Waals surface area contributed by atoms with E-state index < -0.39 is 0 Å². The summed E-state index contributed by atoms with van der Waals surface area (Å²) in [4.78, 5) is 0. The first kappa shape index (κ1) is 13.7. The van der Waals surface area contributed by atoms with E-state index in [9.17, 15) is 0 Å². The zero-order valence-electron chi connectivity index (χ0n) is 10.9. The molecule has 2 rings (SSSR count). The van der Waals surface area contributed by atoms with Crippen molar-refractivity contribution in [2.24, 2.45) is 0 Å². The summed E-state index contributed by atoms with van der Waals surface area (Å²) in [6, 6.07) is 13.9. The zero-order valence-corrected chi connectivity index (χ0v) is 12.5. The number of rotatable bonds is 5. The molecular formula is C15H16BrNO2. The summed E-state index contributed by atoms with van der Waals surface area (Å²) < 4.78 is 11.3. The SMILES string of the molecule is COc1ccc(CNc2ccc(OC)c(Br)c2)cc1. The van der Waals surface area contributed by atoms with E-state index in [1.165, 1.54) is 5.56 Å². The van der Waals surface area contributed by atoms with E-state index in [1.54, 1.807) is 14.2 Å². The maximum Gasteiger partial charge on any atom is 0.133 e. The summed E-state index contributed by atoms with van der Waals surface area (Å²) >= 11 is 3.47. The van der Waals surface area contributed by atoms with Gasteiger partial charge in [-0.1, -0.05) is 12.1 Å². The van der Waals surface area contributed by atoms with Gasteiger partial charge in [-0.05, 0) is 51.8 Å². The summed E-state index contributed by atoms with van der Waals surface area (Å²) in [7, 11) is 3.33. The first-order valence-electron chi connectivity index (χ1n) is 5.93. The van der Waals surface area contributed by atoms with Gasteiger partial charge in [-0.15, -0.1) is 0 Å². The molecule has 0 radical (unpaired) electrons. The van der Waals surface area contributed by atoms with Crippen LogP contribution in [0.4, 0.5) is 5.69 Å². The molecule has 0 bridgehead atoms. The van der Waals surface area contributed by atoms with Gasteiger partial charge in [0.25, 0.3) is 0 Å². The summed E-state index contributed by atoms with van der Waals surface area (Å²) in [5, 5.41) is 3.36. The second kappa shape index (κ2) is 6.48. The Morgan fingerprint density at radius 3 is 2.32 bits per heavy atom. The highest BCUT2D eigenvalue weighted by Crippen LogP contribution is 2.27. The third-order valence-corrected chi connectivity index (χ3v) is 3.43. The molecule has 4 heteroatoms. The van der Waals surface area contributed by atoms with E-state index in [0.717, 1.165) is 28.2 Å². The number of hydrogen-bond acceptors (Lipinski definition) is 3. The van der Waals surface area contributed by atoms with E-state index in [4.69, 9.17) is 9.47 Å². The molecule has 0 aliphatic heterocycles. The minimum Gasteiger partial charge on any atom is -0.497 e. The van der Waals surface area contributed by atoms with E-state index in [0.29, 0.717) is 0 Å². The van der Waals surface area contributed by atoms with Gasteiger partial charge < -0.3 is 14.8 Å². The van der Waals surface area contributed by atoms with Crippen LogP contribution in [0.3, 0.4) is 0 Å². The zero-order chi connectivity index (χ0) is 13.7. The van der Waals surface area contributed by atoms with Gasteiger partial charge in [0.15, 0.2) is 0 Å². The van der Waals surface area contributed by atoms with Gasteiger partial charge >= 0.3 is 0 Å². The van der Waals surface area contributed by atoms with E-state index >= 15 is 0 Å². The Kier molecular flexibility index (Phi) is 4.68. The van der Waals surface area contributed by atoms with Gasteiger partial charge in [-0.2, -0.15) is 0 Å². The van der Waals surface area contributed by atoms with Crippen LogP contribution in [0.5, 0.6) is 11.5 Å². The molecule has 19 heavy (non-hydrogen) atoms. The highest BCUT2D eigenvalue weighted by Gasteiger charge is 2.01. The summed E-state index contributed by atoms with van der Waals surface area (Å²) in [5.74, 6) is 1.70. The van der Waals surface area contributed by atoms with Crippen molar-refractivity contribution in [2.45, 2.75) is 6.54 Å². The second-order valence-electron chi connectivity index (χ2n) is 4.05. The summed E-state index contributed by atoms with van der Waals surface area (Å²) in [5.41, 5.74) is 2.25. The quantitative estimate of drug-likeness (QED) is 0.900. The standard InChI is InChI=1S/C15H16BrNO2/c1-18-13-6-3-11(4-7-13)10-17-12-5-8-15(19-2)14(16)9-12/h3-9,17H,10H2,1-2H3. The number of nitrogens with one attached hydrogen (secondary N) is 1. The molecule has 2 aromatic rings. The highest BCUT2D eigenvalue weighted by atomic mass is 79.9. The van der Waals surface area contributed by atoms with Crippen molar-refractivity contribution in [3.8, 4) is 11.5 Å². The molecule has 100 valence electrons. The molecule has 0 fully saturated rings. The predicted molar refractivity (Wildman–Crippen MR) is 81.0 cm³/mol. The van der Waals surface area contributed by atoms with Gasteiger partial charge in [0.2, 0.25) is 0 Å². The Balaban J connectivity index is 1.99. The first-order valence-corrected chi connectivity index (χ1v) is 6.72. The first-order chi connectivity index (χ1) is 9.22. The van der Waals surface area contributed by atoms with Crippen molar-refractivity contribution in [1.82, 2.24) is 0 Å². The summed E-state index contributed by atoms with van der Waals surface area (Å²) in [6.07, 6.45) is 0. The molecule has 0 aliphatic rings. The normalized spacial score (nSPS) is 10.1. The van der Waals surface area contributed by atoms with Crippen LogP contribution >= 0.6 is 15.9 Å². The number of halogens is 1. The average molecular weight is 322 g/mol. The van der Waals surface area contributed by atoms with Crippen LogP contribution in [-0.4, -0.2) is 14.2 Å². The number of benzene rings is 2. The molecule has 2 aromatic carbocycles. The van der Waals surface area contributed by atoms with Gasteiger partial charge in [-0.25, -0.2) is 0 Å². The minimum absolute atomic E-state index is 0.767. The average Bonchev–Trinajstić information content (AvgIpc) is 2.46. The molecule has 0 atom stereocenters. The highest BCUT2D eigenvalue weighted by molar-refractivity contribution is 9.10. The number of ether oxygens (including phenoxy) is 2. The maximum atomic E-state index is 5.20. The van der Waals surface area contributed by atoms with E-state index in [2.05, 4.69) is 21.2 Å². The van der Waals surface area contributed by atoms with Crippen molar-refractivity contribution in [3.63, 3.8) is 0 Å². The predicted octanol–water partition coefficient (Wildman–Crippen LogP) is 4.08. The van der Waals surface area contributed by atoms with Crippen molar-refractivity contribution >= 4 is 21.6 Å². The maximum absolute atomic E-state index is 5.20. The van der Waals surface area contributed by atoms with E-state index in [1.807, 2.05) is 42.5 Å². The molecule has 0 saturated carbocycles. The molecule has 0 heterocycles. The smallest absolute Gasteiger partial charge is 0.133 e. The van der Waals surface area contributed by atoms with Crippen molar-refractivity contribution in [1.29, 1.82) is 0 Å². The third-order valence-electron chi connectivity index (χ3n) is 2.81. The van der Waals surface area contributed by atoms with Crippen LogP contribution in [0, 0.1) is 0 Å². The molecule has 0 spiro atoms. The minimum atomic E-state index is 0.767. The lowest BCUT2D eigenvalue weighted by molar-refractivity contribution is 0.412. The van der Waals surface area contributed by atoms with Gasteiger partial charge in [0.1, 0.15) is 11.5 Å². The van der Waals surface area contributed by atoms with Crippen LogP contribution in [0.2, 0.25) is 0 Å². The Morgan fingerprint density at radius 1 is 1.00 bits per heavy atom. The lowest BCUT2D eigenvalue weighted by Crippen LogP contribution is -1.99. The molecule has 0 aromatic heterocycles. The van der Waals surface area contributed by atoms with Gasteiger partial charge in [0, 0.05) is 12.2 Å². The Hall–Kier alpha value is -1.68. The Labute approximate surface area is 121 Å². The van der Waals surface area contributed by atoms with E-state index in [-0.39, 0.29) is 0 Å². The van der Waals surface area contributed by atoms with Crippen LogP contribution < -0.4 is 14.8 Å². The molecule has 1 N–H and O–H groups in total. The number of anilines is 1. The molecule has 0 amide bonds. The monoisotopic (exact) mass is 321 g/mol. The second-order valence-corrected chi connectivity index (χ2v) is 4.91. The Bertz CT molecular complexity index is 540. The van der Waals surface area contributed by atoms with Gasteiger partial charge in [-0.3, -0.25) is 0 Å². The molecule has 0 unspecified atom stereocenters. The fourth-order valence-electron chi connectivity index (χ4n) is 1.72. The largest absolute Gasteiger partial charge is 0.497 e. The fourth-order valence-corrected chi connectivity index (χ4v) is 2.26. The Morgan fingerprint density at radius 2 is 1.74 bits per heavy atom. The van der Waals surface area contributed by atoms with Crippen molar-refractivity contribution < 1.29 is 9.47 Å². The third kappa shape index (κ3) is 3.64. The van der Waals surface area contributed by atoms with Crippen LogP contribution in [0.1, 0.15) is 5.56 Å². The van der Waals surface area contributed by atoms with Crippen LogP contribution in [0.15, 0.2) is 46.9 Å². The van der Waals surface area contributed by atoms with Crippen LogP contribution in [-0.2, 0) is 6.54 Å². The molecule has 0 saturated heterocycles.